The topological polar surface area (TPSA) is 77.1 Å². The first-order chi connectivity index (χ1) is 14.6. The molecule has 1 heterocycles. The summed E-state index contributed by atoms with van der Waals surface area (Å²) >= 11 is 0. The number of esters is 1. The van der Waals surface area contributed by atoms with E-state index in [1.54, 1.807) is 14.0 Å². The smallest absolute Gasteiger partial charge is 0.306 e. The average Bonchev–Trinajstić information content (AvgIpc) is 2.79. The summed E-state index contributed by atoms with van der Waals surface area (Å²) in [6.07, 6.45) is -0.221. The highest BCUT2D eigenvalue weighted by atomic mass is 16.5. The zero-order chi connectivity index (χ0) is 21.3. The van der Waals surface area contributed by atoms with Crippen molar-refractivity contribution >= 4 is 23.3 Å². The van der Waals surface area contributed by atoms with Gasteiger partial charge in [-0.15, -0.1) is 0 Å². The number of amides is 1. The summed E-state index contributed by atoms with van der Waals surface area (Å²) in [5.41, 5.74) is 2.68. The Morgan fingerprint density at radius 1 is 1.10 bits per heavy atom. The molecule has 0 spiro atoms. The van der Waals surface area contributed by atoms with Crippen LogP contribution in [0.1, 0.15) is 18.9 Å². The maximum atomic E-state index is 12.4. The summed E-state index contributed by atoms with van der Waals surface area (Å²) in [5.74, 6) is -0.0531. The van der Waals surface area contributed by atoms with E-state index < -0.39 is 12.1 Å². The van der Waals surface area contributed by atoms with Crippen LogP contribution < -0.4 is 15.0 Å². The van der Waals surface area contributed by atoms with Gasteiger partial charge in [0.2, 0.25) is 0 Å². The molecule has 1 unspecified atom stereocenters. The van der Waals surface area contributed by atoms with E-state index in [0.29, 0.717) is 12.1 Å². The van der Waals surface area contributed by atoms with Crippen molar-refractivity contribution in [3.63, 3.8) is 0 Å². The van der Waals surface area contributed by atoms with Crippen LogP contribution >= 0.6 is 0 Å². The molecule has 1 fully saturated rings. The van der Waals surface area contributed by atoms with Crippen LogP contribution in [0.2, 0.25) is 0 Å². The Hall–Kier alpha value is -3.06. The van der Waals surface area contributed by atoms with E-state index in [-0.39, 0.29) is 12.3 Å². The molecule has 7 nitrogen and oxygen atoms in total. The average molecular weight is 412 g/mol. The molecule has 0 radical (unpaired) electrons. The Labute approximate surface area is 176 Å². The number of methoxy groups -OCH3 is 1. The van der Waals surface area contributed by atoms with Crippen LogP contribution in [0, 0.1) is 0 Å². The lowest BCUT2D eigenvalue weighted by atomic mass is 10.1. The maximum Gasteiger partial charge on any atom is 0.306 e. The van der Waals surface area contributed by atoms with Crippen molar-refractivity contribution in [3.8, 4) is 5.75 Å². The van der Waals surface area contributed by atoms with E-state index >= 15 is 0 Å². The highest BCUT2D eigenvalue weighted by molar-refractivity contribution is 5.95. The number of morpholine rings is 1. The molecule has 0 saturated carbocycles. The number of hydrogen-bond acceptors (Lipinski definition) is 6. The first kappa shape index (κ1) is 21.6. The van der Waals surface area contributed by atoms with Gasteiger partial charge in [0.05, 0.1) is 20.3 Å². The second kappa shape index (κ2) is 10.6. The van der Waals surface area contributed by atoms with Crippen LogP contribution in [0.15, 0.2) is 48.5 Å². The van der Waals surface area contributed by atoms with Gasteiger partial charge in [0.15, 0.2) is 6.10 Å². The van der Waals surface area contributed by atoms with Gasteiger partial charge < -0.3 is 24.4 Å². The first-order valence-corrected chi connectivity index (χ1v) is 10.1. The number of aryl methyl sites for hydroxylation is 1. The van der Waals surface area contributed by atoms with Crippen molar-refractivity contribution in [2.75, 3.05) is 43.6 Å². The van der Waals surface area contributed by atoms with Crippen LogP contribution in [0.25, 0.3) is 0 Å². The minimum atomic E-state index is -0.880. The number of benzene rings is 2. The van der Waals surface area contributed by atoms with Gasteiger partial charge in [-0.3, -0.25) is 9.59 Å². The van der Waals surface area contributed by atoms with Crippen molar-refractivity contribution < 1.29 is 23.8 Å². The summed E-state index contributed by atoms with van der Waals surface area (Å²) in [6, 6.07) is 15.1. The molecule has 1 amide bonds. The van der Waals surface area contributed by atoms with Crippen LogP contribution in [0.5, 0.6) is 5.75 Å². The maximum absolute atomic E-state index is 12.4. The highest BCUT2D eigenvalue weighted by Gasteiger charge is 2.18. The molecule has 1 atom stereocenters. The Balaban J connectivity index is 1.46. The van der Waals surface area contributed by atoms with Crippen molar-refractivity contribution in [1.29, 1.82) is 0 Å². The molecule has 160 valence electrons. The zero-order valence-corrected chi connectivity index (χ0v) is 17.4. The van der Waals surface area contributed by atoms with Gasteiger partial charge in [-0.1, -0.05) is 18.2 Å². The van der Waals surface area contributed by atoms with E-state index in [4.69, 9.17) is 14.2 Å². The predicted molar refractivity (Wildman–Crippen MR) is 115 cm³/mol. The molecule has 1 aliphatic rings. The molecule has 0 aliphatic carbocycles. The molecule has 2 aromatic carbocycles. The van der Waals surface area contributed by atoms with E-state index in [1.165, 1.54) is 0 Å². The second-order valence-corrected chi connectivity index (χ2v) is 7.08. The molecular weight excluding hydrogens is 384 g/mol. The number of hydrogen-bond donors (Lipinski definition) is 1. The van der Waals surface area contributed by atoms with E-state index in [2.05, 4.69) is 10.2 Å². The number of rotatable bonds is 8. The summed E-state index contributed by atoms with van der Waals surface area (Å²) in [4.78, 5) is 26.8. The Morgan fingerprint density at radius 2 is 1.80 bits per heavy atom. The van der Waals surface area contributed by atoms with Gasteiger partial charge in [-0.05, 0) is 49.2 Å². The minimum absolute atomic E-state index is 0.173. The molecule has 3 rings (SSSR count). The van der Waals surface area contributed by atoms with Crippen LogP contribution in [-0.2, 0) is 25.5 Å². The van der Waals surface area contributed by atoms with Gasteiger partial charge in [0.25, 0.3) is 5.91 Å². The number of ether oxygens (including phenoxy) is 3. The summed E-state index contributed by atoms with van der Waals surface area (Å²) < 4.78 is 15.9. The van der Waals surface area contributed by atoms with Gasteiger partial charge in [0, 0.05) is 30.9 Å². The number of anilines is 2. The van der Waals surface area contributed by atoms with Gasteiger partial charge >= 0.3 is 5.97 Å². The molecule has 1 aliphatic heterocycles. The van der Waals surface area contributed by atoms with Gasteiger partial charge in [-0.2, -0.15) is 0 Å². The third kappa shape index (κ3) is 5.97. The third-order valence-electron chi connectivity index (χ3n) is 4.98. The molecule has 30 heavy (non-hydrogen) atoms. The summed E-state index contributed by atoms with van der Waals surface area (Å²) in [5, 5.41) is 2.79. The quantitative estimate of drug-likeness (QED) is 0.672. The van der Waals surface area contributed by atoms with E-state index in [9.17, 15) is 9.59 Å². The summed E-state index contributed by atoms with van der Waals surface area (Å²) in [6.45, 7) is 4.72. The van der Waals surface area contributed by atoms with E-state index in [0.717, 1.165) is 43.3 Å². The third-order valence-corrected chi connectivity index (χ3v) is 4.98. The predicted octanol–water partition coefficient (Wildman–Crippen LogP) is 3.03. The van der Waals surface area contributed by atoms with Gasteiger partial charge in [0.1, 0.15) is 5.75 Å². The second-order valence-electron chi connectivity index (χ2n) is 7.08. The number of nitrogens with one attached hydrogen (secondary N) is 1. The lowest BCUT2D eigenvalue weighted by Crippen LogP contribution is -2.36. The fraction of sp³-hybridized carbons (Fsp3) is 0.391. The molecule has 1 saturated heterocycles. The number of para-hydroxylation sites is 1. The monoisotopic (exact) mass is 412 g/mol. The number of carbonyl (C=O) groups is 2. The fourth-order valence-corrected chi connectivity index (χ4v) is 3.28. The molecule has 0 aromatic heterocycles. The lowest BCUT2D eigenvalue weighted by molar-refractivity contribution is -0.153. The van der Waals surface area contributed by atoms with Crippen LogP contribution in [0.4, 0.5) is 11.4 Å². The molecular formula is C23H28N2O5. The zero-order valence-electron chi connectivity index (χ0n) is 17.4. The highest BCUT2D eigenvalue weighted by Crippen LogP contribution is 2.20. The van der Waals surface area contributed by atoms with Crippen molar-refractivity contribution in [2.45, 2.75) is 25.9 Å². The molecule has 2 aromatic rings. The Kier molecular flexibility index (Phi) is 7.68. The van der Waals surface area contributed by atoms with Crippen molar-refractivity contribution in [1.82, 2.24) is 0 Å². The normalized spacial score (nSPS) is 14.7. The van der Waals surface area contributed by atoms with Crippen molar-refractivity contribution in [3.05, 3.63) is 54.1 Å². The molecule has 0 bridgehead atoms. The van der Waals surface area contributed by atoms with Crippen LogP contribution in [-0.4, -0.2) is 51.4 Å². The Bertz CT molecular complexity index is 847. The minimum Gasteiger partial charge on any atom is -0.496 e. The molecule has 1 N–H and O–H groups in total. The van der Waals surface area contributed by atoms with Crippen LogP contribution in [0.3, 0.4) is 0 Å². The molecule has 7 heteroatoms. The van der Waals surface area contributed by atoms with E-state index in [1.807, 2.05) is 48.5 Å². The number of nitrogens with zero attached hydrogens (tertiary/aromatic N) is 1. The Morgan fingerprint density at radius 3 is 2.50 bits per heavy atom. The largest absolute Gasteiger partial charge is 0.496 e. The first-order valence-electron chi connectivity index (χ1n) is 10.1. The standard InChI is InChI=1S/C23H28N2O5/c1-17(30-22(26)12-7-18-5-3-4-6-21(18)28-2)23(27)24-19-8-10-20(11-9-19)25-13-15-29-16-14-25/h3-6,8-11,17H,7,12-16H2,1-2H3,(H,24,27). The SMILES string of the molecule is COc1ccccc1CCC(=O)OC(C)C(=O)Nc1ccc(N2CCOCC2)cc1. The van der Waals surface area contributed by atoms with Crippen molar-refractivity contribution in [2.24, 2.45) is 0 Å². The van der Waals surface area contributed by atoms with Gasteiger partial charge in [-0.25, -0.2) is 0 Å². The number of carbonyl (C=O) groups excluding carboxylic acids is 2. The fourth-order valence-electron chi connectivity index (χ4n) is 3.28. The summed E-state index contributed by atoms with van der Waals surface area (Å²) in [7, 11) is 1.59. The lowest BCUT2D eigenvalue weighted by Gasteiger charge is -2.28.